The average molecular weight is 287 g/mol. The zero-order valence-electron chi connectivity index (χ0n) is 12.6. The van der Waals surface area contributed by atoms with E-state index in [1.54, 1.807) is 0 Å². The van der Waals surface area contributed by atoms with Gasteiger partial charge >= 0.3 is 0 Å². The molecule has 2 aromatic rings. The molecule has 0 N–H and O–H groups in total. The van der Waals surface area contributed by atoms with E-state index in [0.717, 1.165) is 29.8 Å². The summed E-state index contributed by atoms with van der Waals surface area (Å²) in [5, 5.41) is 4.05. The molecule has 5 nitrogen and oxygen atoms in total. The van der Waals surface area contributed by atoms with Gasteiger partial charge in [0.05, 0.1) is 13.1 Å². The summed E-state index contributed by atoms with van der Waals surface area (Å²) in [6, 6.07) is 4.20. The molecule has 0 aromatic carbocycles. The van der Waals surface area contributed by atoms with Gasteiger partial charge in [-0.15, -0.1) is 0 Å². The van der Waals surface area contributed by atoms with Crippen LogP contribution < -0.4 is 0 Å². The topological polar surface area (TPSA) is 55.3 Å². The van der Waals surface area contributed by atoms with Crippen LogP contribution >= 0.6 is 0 Å². The summed E-state index contributed by atoms with van der Waals surface area (Å²) in [4.78, 5) is 6.60. The molecule has 0 radical (unpaired) electrons. The number of rotatable bonds is 6. The molecule has 0 saturated heterocycles. The lowest BCUT2D eigenvalue weighted by Gasteiger charge is -2.11. The van der Waals surface area contributed by atoms with Crippen molar-refractivity contribution >= 4 is 0 Å². The summed E-state index contributed by atoms with van der Waals surface area (Å²) in [6.45, 7) is 3.70. The van der Waals surface area contributed by atoms with Gasteiger partial charge < -0.3 is 8.94 Å². The summed E-state index contributed by atoms with van der Waals surface area (Å²) in [5.41, 5.74) is 0. The van der Waals surface area contributed by atoms with Crippen LogP contribution in [0.3, 0.4) is 0 Å². The Kier molecular flexibility index (Phi) is 3.10. The smallest absolute Gasteiger partial charge is 0.240 e. The standard InChI is InChI=1S/C16H21N3O2/c1-10-7-13(10)14-6-5-12(20-14)8-19(2)9-15-17-16(18-21-15)11-3-4-11/h5-6,10-11,13H,3-4,7-9H2,1-2H3. The van der Waals surface area contributed by atoms with E-state index in [1.807, 2.05) is 7.05 Å². The molecule has 2 aromatic heterocycles. The van der Waals surface area contributed by atoms with Crippen LogP contribution in [-0.4, -0.2) is 22.1 Å². The van der Waals surface area contributed by atoms with E-state index in [9.17, 15) is 0 Å². The summed E-state index contributed by atoms with van der Waals surface area (Å²) in [7, 11) is 2.04. The molecule has 2 unspecified atom stereocenters. The van der Waals surface area contributed by atoms with Crippen LogP contribution in [0.25, 0.3) is 0 Å². The maximum absolute atomic E-state index is 5.93. The Bertz CT molecular complexity index is 629. The van der Waals surface area contributed by atoms with Crippen LogP contribution in [0, 0.1) is 5.92 Å². The Balaban J connectivity index is 1.34. The molecule has 2 aliphatic carbocycles. The lowest BCUT2D eigenvalue weighted by atomic mass is 10.3. The number of hydrogen-bond acceptors (Lipinski definition) is 5. The normalized spacial score (nSPS) is 24.7. The molecule has 2 heterocycles. The van der Waals surface area contributed by atoms with Crippen LogP contribution in [0.1, 0.15) is 61.3 Å². The highest BCUT2D eigenvalue weighted by Gasteiger charge is 2.36. The third kappa shape index (κ3) is 2.88. The van der Waals surface area contributed by atoms with E-state index in [1.165, 1.54) is 19.3 Å². The van der Waals surface area contributed by atoms with Crippen molar-refractivity contribution < 1.29 is 8.94 Å². The van der Waals surface area contributed by atoms with E-state index in [2.05, 4.69) is 34.1 Å². The molecule has 112 valence electrons. The molecule has 0 aliphatic heterocycles. The van der Waals surface area contributed by atoms with E-state index in [-0.39, 0.29) is 0 Å². The van der Waals surface area contributed by atoms with Crippen molar-refractivity contribution in [1.82, 2.24) is 15.0 Å². The molecule has 0 spiro atoms. The maximum atomic E-state index is 5.93. The summed E-state index contributed by atoms with van der Waals surface area (Å²) >= 11 is 0. The second-order valence-corrected chi connectivity index (χ2v) is 6.62. The first kappa shape index (κ1) is 13.1. The van der Waals surface area contributed by atoms with Crippen molar-refractivity contribution in [2.24, 2.45) is 5.92 Å². The van der Waals surface area contributed by atoms with Gasteiger partial charge in [0.25, 0.3) is 0 Å². The Hall–Kier alpha value is -1.62. The minimum atomic E-state index is 0.543. The van der Waals surface area contributed by atoms with Crippen LogP contribution in [0.4, 0.5) is 0 Å². The van der Waals surface area contributed by atoms with Crippen molar-refractivity contribution in [3.8, 4) is 0 Å². The van der Waals surface area contributed by atoms with Gasteiger partial charge in [0, 0.05) is 11.8 Å². The van der Waals surface area contributed by atoms with E-state index < -0.39 is 0 Å². The highest BCUT2D eigenvalue weighted by molar-refractivity contribution is 5.17. The number of furan rings is 1. The second kappa shape index (κ2) is 4.98. The van der Waals surface area contributed by atoms with Gasteiger partial charge in [-0.25, -0.2) is 0 Å². The highest BCUT2D eigenvalue weighted by atomic mass is 16.5. The summed E-state index contributed by atoms with van der Waals surface area (Å²) in [5.74, 6) is 5.68. The van der Waals surface area contributed by atoms with Crippen molar-refractivity contribution in [3.63, 3.8) is 0 Å². The van der Waals surface area contributed by atoms with Crippen LogP contribution in [-0.2, 0) is 13.1 Å². The van der Waals surface area contributed by atoms with Gasteiger partial charge in [-0.05, 0) is 44.4 Å². The molecule has 4 rings (SSSR count). The maximum Gasteiger partial charge on any atom is 0.240 e. The second-order valence-electron chi connectivity index (χ2n) is 6.62. The highest BCUT2D eigenvalue weighted by Crippen LogP contribution is 2.47. The molecule has 2 fully saturated rings. The molecular formula is C16H21N3O2. The van der Waals surface area contributed by atoms with Gasteiger partial charge in [0.2, 0.25) is 5.89 Å². The Labute approximate surface area is 124 Å². The number of nitrogens with zero attached hydrogens (tertiary/aromatic N) is 3. The first-order chi connectivity index (χ1) is 10.2. The minimum absolute atomic E-state index is 0.543. The third-order valence-corrected chi connectivity index (χ3v) is 4.41. The molecule has 21 heavy (non-hydrogen) atoms. The lowest BCUT2D eigenvalue weighted by Crippen LogP contribution is -2.17. The largest absolute Gasteiger partial charge is 0.464 e. The fourth-order valence-corrected chi connectivity index (χ4v) is 2.79. The summed E-state index contributed by atoms with van der Waals surface area (Å²) in [6.07, 6.45) is 3.65. The van der Waals surface area contributed by atoms with E-state index in [0.29, 0.717) is 24.3 Å². The monoisotopic (exact) mass is 287 g/mol. The first-order valence-electron chi connectivity index (χ1n) is 7.78. The van der Waals surface area contributed by atoms with Gasteiger partial charge in [0.1, 0.15) is 11.5 Å². The van der Waals surface area contributed by atoms with Crippen molar-refractivity contribution in [2.75, 3.05) is 7.05 Å². The fraction of sp³-hybridized carbons (Fsp3) is 0.625. The predicted molar refractivity (Wildman–Crippen MR) is 76.7 cm³/mol. The molecule has 0 bridgehead atoms. The van der Waals surface area contributed by atoms with Crippen molar-refractivity contribution in [1.29, 1.82) is 0 Å². The lowest BCUT2D eigenvalue weighted by molar-refractivity contribution is 0.242. The summed E-state index contributed by atoms with van der Waals surface area (Å²) < 4.78 is 11.2. The zero-order chi connectivity index (χ0) is 14.4. The molecular weight excluding hydrogens is 266 g/mol. The molecule has 0 amide bonds. The molecule has 2 aliphatic rings. The molecule has 5 heteroatoms. The van der Waals surface area contributed by atoms with Crippen molar-refractivity contribution in [3.05, 3.63) is 35.4 Å². The van der Waals surface area contributed by atoms with Gasteiger partial charge in [-0.2, -0.15) is 4.98 Å². The first-order valence-corrected chi connectivity index (χ1v) is 7.78. The fourth-order valence-electron chi connectivity index (χ4n) is 2.79. The predicted octanol–water partition coefficient (Wildman–Crippen LogP) is 3.30. The average Bonchev–Trinajstić information content (AvgIpc) is 3.33. The van der Waals surface area contributed by atoms with E-state index >= 15 is 0 Å². The van der Waals surface area contributed by atoms with Crippen LogP contribution in [0.5, 0.6) is 0 Å². The molecule has 2 saturated carbocycles. The Morgan fingerprint density at radius 3 is 2.81 bits per heavy atom. The third-order valence-electron chi connectivity index (χ3n) is 4.41. The van der Waals surface area contributed by atoms with Gasteiger partial charge in [-0.1, -0.05) is 12.1 Å². The Morgan fingerprint density at radius 1 is 1.29 bits per heavy atom. The quantitative estimate of drug-likeness (QED) is 0.816. The minimum Gasteiger partial charge on any atom is -0.464 e. The number of hydrogen-bond donors (Lipinski definition) is 0. The zero-order valence-corrected chi connectivity index (χ0v) is 12.6. The van der Waals surface area contributed by atoms with Crippen LogP contribution in [0.2, 0.25) is 0 Å². The Morgan fingerprint density at radius 2 is 2.10 bits per heavy atom. The van der Waals surface area contributed by atoms with Crippen molar-refractivity contribution in [2.45, 2.75) is 51.1 Å². The van der Waals surface area contributed by atoms with E-state index in [4.69, 9.17) is 8.94 Å². The number of aromatic nitrogens is 2. The SMILES string of the molecule is CC1CC1c1ccc(CN(C)Cc2nc(C3CC3)no2)o1. The van der Waals surface area contributed by atoms with Crippen LogP contribution in [0.15, 0.2) is 21.1 Å². The molecule has 2 atom stereocenters. The van der Waals surface area contributed by atoms with Gasteiger partial charge in [-0.3, -0.25) is 4.90 Å². The van der Waals surface area contributed by atoms with Gasteiger partial charge in [0.15, 0.2) is 5.82 Å².